The second kappa shape index (κ2) is 4.64. The lowest BCUT2D eigenvalue weighted by atomic mass is 10.2. The van der Waals surface area contributed by atoms with Crippen LogP contribution in [0.3, 0.4) is 0 Å². The van der Waals surface area contributed by atoms with E-state index in [4.69, 9.17) is 10.9 Å². The minimum atomic E-state index is 0.0537. The van der Waals surface area contributed by atoms with Crippen LogP contribution in [0.4, 0.5) is 0 Å². The van der Waals surface area contributed by atoms with Crippen molar-refractivity contribution in [2.24, 2.45) is 10.9 Å². The van der Waals surface area contributed by atoms with Crippen LogP contribution >= 0.6 is 0 Å². The summed E-state index contributed by atoms with van der Waals surface area (Å²) in [7, 11) is 0. The molecular formula is C9H16N4O. The molecule has 5 heteroatoms. The Kier molecular flexibility index (Phi) is 3.50. The van der Waals surface area contributed by atoms with Gasteiger partial charge in [-0.1, -0.05) is 18.5 Å². The molecule has 1 rings (SSSR count). The molecule has 1 aromatic heterocycles. The largest absolute Gasteiger partial charge is 0.409 e. The van der Waals surface area contributed by atoms with E-state index >= 15 is 0 Å². The molecule has 0 saturated carbocycles. The van der Waals surface area contributed by atoms with Gasteiger partial charge in [0.15, 0.2) is 5.82 Å². The second-order valence-electron chi connectivity index (χ2n) is 3.28. The van der Waals surface area contributed by atoms with Crippen LogP contribution in [-0.2, 0) is 0 Å². The summed E-state index contributed by atoms with van der Waals surface area (Å²) in [4.78, 5) is 4.04. The molecule has 0 aliphatic carbocycles. The first-order valence-corrected chi connectivity index (χ1v) is 4.71. The number of imidazole rings is 1. The van der Waals surface area contributed by atoms with E-state index in [2.05, 4.69) is 24.0 Å². The van der Waals surface area contributed by atoms with Gasteiger partial charge in [-0.3, -0.25) is 0 Å². The van der Waals surface area contributed by atoms with Crippen LogP contribution in [0, 0.1) is 0 Å². The van der Waals surface area contributed by atoms with Crippen molar-refractivity contribution in [3.05, 3.63) is 18.2 Å². The number of rotatable bonds is 4. The van der Waals surface area contributed by atoms with Crippen LogP contribution in [-0.4, -0.2) is 20.6 Å². The maximum atomic E-state index is 8.55. The Morgan fingerprint density at radius 1 is 1.79 bits per heavy atom. The fourth-order valence-corrected chi connectivity index (χ4v) is 1.47. The summed E-state index contributed by atoms with van der Waals surface area (Å²) >= 11 is 0. The summed E-state index contributed by atoms with van der Waals surface area (Å²) in [6, 6.07) is 0.317. The molecule has 5 nitrogen and oxygen atoms in total. The van der Waals surface area contributed by atoms with Crippen molar-refractivity contribution < 1.29 is 5.21 Å². The zero-order valence-electron chi connectivity index (χ0n) is 8.51. The fraction of sp³-hybridized carbons (Fsp3) is 0.556. The molecule has 3 N–H and O–H groups in total. The number of nitrogens with two attached hydrogens (primary N) is 1. The molecule has 0 aliphatic rings. The summed E-state index contributed by atoms with van der Waals surface area (Å²) in [5.74, 6) is 0.575. The molecule has 1 atom stereocenters. The number of hydrogen-bond donors (Lipinski definition) is 2. The Balaban J connectivity index is 2.92. The molecule has 0 aromatic carbocycles. The lowest BCUT2D eigenvalue weighted by Gasteiger charge is -2.14. The normalized spacial score (nSPS) is 14.3. The van der Waals surface area contributed by atoms with E-state index in [1.54, 1.807) is 6.20 Å². The summed E-state index contributed by atoms with van der Waals surface area (Å²) < 4.78 is 1.92. The monoisotopic (exact) mass is 196 g/mol. The van der Waals surface area contributed by atoms with Gasteiger partial charge in [-0.15, -0.1) is 0 Å². The molecule has 0 bridgehead atoms. The minimum Gasteiger partial charge on any atom is -0.409 e. The van der Waals surface area contributed by atoms with E-state index in [0.29, 0.717) is 11.9 Å². The van der Waals surface area contributed by atoms with Gasteiger partial charge in [0.25, 0.3) is 0 Å². The molecule has 0 aliphatic heterocycles. The number of nitrogens with zero attached hydrogens (tertiary/aromatic N) is 3. The molecule has 1 aromatic rings. The Hall–Kier alpha value is -1.52. The van der Waals surface area contributed by atoms with Crippen LogP contribution < -0.4 is 5.73 Å². The highest BCUT2D eigenvalue weighted by Gasteiger charge is 2.12. The number of aromatic nitrogens is 2. The fourth-order valence-electron chi connectivity index (χ4n) is 1.47. The van der Waals surface area contributed by atoms with Gasteiger partial charge in [0.2, 0.25) is 5.84 Å². The molecule has 78 valence electrons. The van der Waals surface area contributed by atoms with E-state index in [-0.39, 0.29) is 5.84 Å². The Morgan fingerprint density at radius 3 is 3.07 bits per heavy atom. The molecule has 0 saturated heterocycles. The average Bonchev–Trinajstić information content (AvgIpc) is 2.65. The zero-order valence-corrected chi connectivity index (χ0v) is 8.51. The first-order valence-electron chi connectivity index (χ1n) is 4.71. The van der Waals surface area contributed by atoms with Crippen molar-refractivity contribution in [3.63, 3.8) is 0 Å². The van der Waals surface area contributed by atoms with E-state index in [9.17, 15) is 0 Å². The third kappa shape index (κ3) is 2.04. The van der Waals surface area contributed by atoms with Crippen LogP contribution in [0.15, 0.2) is 17.5 Å². The Labute approximate surface area is 83.2 Å². The predicted molar refractivity (Wildman–Crippen MR) is 54.4 cm³/mol. The Morgan fingerprint density at radius 2 is 2.50 bits per heavy atom. The van der Waals surface area contributed by atoms with E-state index in [0.717, 1.165) is 12.8 Å². The van der Waals surface area contributed by atoms with Gasteiger partial charge in [0.1, 0.15) is 0 Å². The summed E-state index contributed by atoms with van der Waals surface area (Å²) in [5, 5.41) is 11.5. The number of hydrogen-bond acceptors (Lipinski definition) is 3. The van der Waals surface area contributed by atoms with Crippen LogP contribution in [0.2, 0.25) is 0 Å². The number of amidine groups is 1. The topological polar surface area (TPSA) is 76.4 Å². The van der Waals surface area contributed by atoms with E-state index in [1.165, 1.54) is 0 Å². The molecular weight excluding hydrogens is 180 g/mol. The predicted octanol–water partition coefficient (Wildman–Crippen LogP) is 1.34. The highest BCUT2D eigenvalue weighted by Crippen LogP contribution is 2.14. The summed E-state index contributed by atoms with van der Waals surface area (Å²) in [6.07, 6.45) is 5.63. The summed E-state index contributed by atoms with van der Waals surface area (Å²) in [5.41, 5.74) is 5.49. The van der Waals surface area contributed by atoms with Gasteiger partial charge >= 0.3 is 0 Å². The first-order chi connectivity index (χ1) is 6.70. The van der Waals surface area contributed by atoms with Crippen LogP contribution in [0.1, 0.15) is 38.6 Å². The third-order valence-electron chi connectivity index (χ3n) is 2.19. The highest BCUT2D eigenvalue weighted by molar-refractivity contribution is 5.93. The maximum Gasteiger partial charge on any atom is 0.206 e. The van der Waals surface area contributed by atoms with Crippen molar-refractivity contribution in [1.29, 1.82) is 0 Å². The molecule has 0 fully saturated rings. The summed E-state index contributed by atoms with van der Waals surface area (Å²) in [6.45, 7) is 4.20. The van der Waals surface area contributed by atoms with Crippen LogP contribution in [0.5, 0.6) is 0 Å². The van der Waals surface area contributed by atoms with E-state index < -0.39 is 0 Å². The zero-order chi connectivity index (χ0) is 10.6. The maximum absolute atomic E-state index is 8.55. The highest BCUT2D eigenvalue weighted by atomic mass is 16.4. The lowest BCUT2D eigenvalue weighted by molar-refractivity contribution is 0.318. The van der Waals surface area contributed by atoms with Crippen molar-refractivity contribution in [1.82, 2.24) is 9.55 Å². The van der Waals surface area contributed by atoms with Crippen molar-refractivity contribution in [2.75, 3.05) is 0 Å². The van der Waals surface area contributed by atoms with Crippen molar-refractivity contribution in [2.45, 2.75) is 32.7 Å². The van der Waals surface area contributed by atoms with Crippen LogP contribution in [0.25, 0.3) is 0 Å². The molecule has 1 unspecified atom stereocenters. The molecule has 1 heterocycles. The molecule has 0 amide bonds. The minimum absolute atomic E-state index is 0.0537. The molecule has 0 radical (unpaired) electrons. The molecule has 0 spiro atoms. The van der Waals surface area contributed by atoms with Gasteiger partial charge in [-0.2, -0.15) is 0 Å². The first kappa shape index (κ1) is 10.6. The van der Waals surface area contributed by atoms with E-state index in [1.807, 2.05) is 10.8 Å². The third-order valence-corrected chi connectivity index (χ3v) is 2.19. The van der Waals surface area contributed by atoms with Crippen molar-refractivity contribution in [3.8, 4) is 0 Å². The Bertz CT molecular complexity index is 318. The lowest BCUT2D eigenvalue weighted by Crippen LogP contribution is -2.21. The standard InChI is InChI=1S/C9H16N4O/c1-3-4-7(2)13-6-5-11-9(13)8(10)12-14/h5-7,14H,3-4H2,1-2H3,(H2,10,12). The molecule has 14 heavy (non-hydrogen) atoms. The smallest absolute Gasteiger partial charge is 0.206 e. The van der Waals surface area contributed by atoms with Gasteiger partial charge in [-0.05, 0) is 13.3 Å². The van der Waals surface area contributed by atoms with Gasteiger partial charge in [-0.25, -0.2) is 4.98 Å². The average molecular weight is 196 g/mol. The quantitative estimate of drug-likeness (QED) is 0.330. The van der Waals surface area contributed by atoms with Gasteiger partial charge in [0.05, 0.1) is 0 Å². The second-order valence-corrected chi connectivity index (χ2v) is 3.28. The van der Waals surface area contributed by atoms with Gasteiger partial charge < -0.3 is 15.5 Å². The van der Waals surface area contributed by atoms with Gasteiger partial charge in [0, 0.05) is 18.4 Å². The SMILES string of the molecule is CCCC(C)n1ccnc1/C(N)=N/O. The number of oxime groups is 1. The van der Waals surface area contributed by atoms with Crippen molar-refractivity contribution >= 4 is 5.84 Å².